The van der Waals surface area contributed by atoms with Crippen molar-refractivity contribution in [1.82, 2.24) is 4.90 Å². The van der Waals surface area contributed by atoms with Gasteiger partial charge in [0.05, 0.1) is 26.0 Å². The van der Waals surface area contributed by atoms with E-state index in [2.05, 4.69) is 18.7 Å². The number of aliphatic hydroxyl groups excluding tert-OH is 1. The Morgan fingerprint density at radius 3 is 2.65 bits per heavy atom. The average molecular weight is 283 g/mol. The summed E-state index contributed by atoms with van der Waals surface area (Å²) in [6.45, 7) is 7.52. The van der Waals surface area contributed by atoms with Crippen LogP contribution in [0.1, 0.15) is 49.7 Å². The summed E-state index contributed by atoms with van der Waals surface area (Å²) in [6, 6.07) is 2.00. The SMILES string of the molecule is CCOC(=O)c1ccoc1CN(CCO)C(CC)CC. The molecule has 0 radical (unpaired) electrons. The fourth-order valence-electron chi connectivity index (χ4n) is 2.36. The molecule has 1 aromatic rings. The molecule has 5 heteroatoms. The molecule has 0 saturated carbocycles. The highest BCUT2D eigenvalue weighted by Gasteiger charge is 2.21. The molecule has 0 aliphatic rings. The van der Waals surface area contributed by atoms with Crippen LogP contribution in [0.15, 0.2) is 16.7 Å². The lowest BCUT2D eigenvalue weighted by Crippen LogP contribution is -2.36. The van der Waals surface area contributed by atoms with E-state index in [0.717, 1.165) is 12.8 Å². The summed E-state index contributed by atoms with van der Waals surface area (Å²) < 4.78 is 10.4. The highest BCUT2D eigenvalue weighted by atomic mass is 16.5. The zero-order chi connectivity index (χ0) is 15.0. The van der Waals surface area contributed by atoms with Crippen LogP contribution in [0.3, 0.4) is 0 Å². The second-order valence-electron chi connectivity index (χ2n) is 4.64. The summed E-state index contributed by atoms with van der Waals surface area (Å²) >= 11 is 0. The van der Waals surface area contributed by atoms with Crippen LogP contribution < -0.4 is 0 Å². The molecule has 5 nitrogen and oxygen atoms in total. The quantitative estimate of drug-likeness (QED) is 0.705. The van der Waals surface area contributed by atoms with Crippen molar-refractivity contribution in [3.05, 3.63) is 23.7 Å². The van der Waals surface area contributed by atoms with E-state index in [4.69, 9.17) is 9.15 Å². The third kappa shape index (κ3) is 4.35. The van der Waals surface area contributed by atoms with E-state index in [1.165, 1.54) is 6.26 Å². The summed E-state index contributed by atoms with van der Waals surface area (Å²) in [6.07, 6.45) is 3.49. The predicted octanol–water partition coefficient (Wildman–Crippen LogP) is 2.44. The smallest absolute Gasteiger partial charge is 0.341 e. The van der Waals surface area contributed by atoms with Crippen molar-refractivity contribution in [1.29, 1.82) is 0 Å². The number of rotatable bonds is 9. The van der Waals surface area contributed by atoms with Crippen molar-refractivity contribution in [2.45, 2.75) is 46.2 Å². The van der Waals surface area contributed by atoms with Gasteiger partial charge in [-0.25, -0.2) is 4.79 Å². The number of carbonyl (C=O) groups is 1. The Balaban J connectivity index is 2.83. The number of furan rings is 1. The molecule has 0 unspecified atom stereocenters. The first-order valence-corrected chi connectivity index (χ1v) is 7.26. The maximum absolute atomic E-state index is 11.8. The van der Waals surface area contributed by atoms with Gasteiger partial charge in [0.1, 0.15) is 11.3 Å². The molecular weight excluding hydrogens is 258 g/mol. The molecule has 1 aromatic heterocycles. The fraction of sp³-hybridized carbons (Fsp3) is 0.667. The third-order valence-electron chi connectivity index (χ3n) is 3.43. The third-order valence-corrected chi connectivity index (χ3v) is 3.43. The van der Waals surface area contributed by atoms with Crippen molar-refractivity contribution in [2.75, 3.05) is 19.8 Å². The molecular formula is C15H25NO4. The Kier molecular flexibility index (Phi) is 7.33. The standard InChI is InChI=1S/C15H25NO4/c1-4-12(5-2)16(8-9-17)11-14-13(7-10-20-14)15(18)19-6-3/h7,10,12,17H,4-6,8-9,11H2,1-3H3. The number of hydrogen-bond acceptors (Lipinski definition) is 5. The molecule has 0 atom stereocenters. The molecule has 0 aromatic carbocycles. The summed E-state index contributed by atoms with van der Waals surface area (Å²) in [5.74, 6) is 0.244. The van der Waals surface area contributed by atoms with E-state index in [1.807, 2.05) is 0 Å². The minimum absolute atomic E-state index is 0.0892. The highest BCUT2D eigenvalue weighted by molar-refractivity contribution is 5.90. The van der Waals surface area contributed by atoms with Crippen LogP contribution in [0.25, 0.3) is 0 Å². The lowest BCUT2D eigenvalue weighted by Gasteiger charge is -2.29. The number of ether oxygens (including phenoxy) is 1. The minimum Gasteiger partial charge on any atom is -0.467 e. The number of esters is 1. The molecule has 0 fully saturated rings. The van der Waals surface area contributed by atoms with Crippen molar-refractivity contribution in [3.63, 3.8) is 0 Å². The summed E-state index contributed by atoms with van der Waals surface area (Å²) in [4.78, 5) is 14.0. The Morgan fingerprint density at radius 2 is 2.10 bits per heavy atom. The van der Waals surface area contributed by atoms with Crippen LogP contribution in [0.4, 0.5) is 0 Å². The number of aliphatic hydroxyl groups is 1. The van der Waals surface area contributed by atoms with Crippen LogP contribution in [-0.4, -0.2) is 41.8 Å². The van der Waals surface area contributed by atoms with Gasteiger partial charge < -0.3 is 14.3 Å². The molecule has 0 saturated heterocycles. The lowest BCUT2D eigenvalue weighted by atomic mass is 10.1. The van der Waals surface area contributed by atoms with Crippen molar-refractivity contribution >= 4 is 5.97 Å². The molecule has 1 heterocycles. The molecule has 0 aliphatic carbocycles. The van der Waals surface area contributed by atoms with Crippen molar-refractivity contribution in [2.24, 2.45) is 0 Å². The van der Waals surface area contributed by atoms with Gasteiger partial charge >= 0.3 is 5.97 Å². The maximum Gasteiger partial charge on any atom is 0.341 e. The van der Waals surface area contributed by atoms with Gasteiger partial charge in [-0.15, -0.1) is 0 Å². The first-order valence-electron chi connectivity index (χ1n) is 7.26. The fourth-order valence-corrected chi connectivity index (χ4v) is 2.36. The van der Waals surface area contributed by atoms with Gasteiger partial charge in [0.25, 0.3) is 0 Å². The molecule has 1 rings (SSSR count). The van der Waals surface area contributed by atoms with E-state index in [1.54, 1.807) is 13.0 Å². The molecule has 20 heavy (non-hydrogen) atoms. The largest absolute Gasteiger partial charge is 0.467 e. The van der Waals surface area contributed by atoms with E-state index in [0.29, 0.717) is 37.1 Å². The second kappa shape index (κ2) is 8.76. The molecule has 114 valence electrons. The van der Waals surface area contributed by atoms with Crippen molar-refractivity contribution < 1.29 is 19.1 Å². The highest BCUT2D eigenvalue weighted by Crippen LogP contribution is 2.18. The lowest BCUT2D eigenvalue weighted by molar-refractivity contribution is 0.0520. The van der Waals surface area contributed by atoms with Crippen molar-refractivity contribution in [3.8, 4) is 0 Å². The zero-order valence-corrected chi connectivity index (χ0v) is 12.6. The monoisotopic (exact) mass is 283 g/mol. The van der Waals surface area contributed by atoms with Crippen LogP contribution in [0, 0.1) is 0 Å². The van der Waals surface area contributed by atoms with Gasteiger partial charge in [-0.3, -0.25) is 4.90 Å². The Hall–Kier alpha value is -1.33. The number of hydrogen-bond donors (Lipinski definition) is 1. The second-order valence-corrected chi connectivity index (χ2v) is 4.64. The first kappa shape index (κ1) is 16.7. The van der Waals surface area contributed by atoms with Crippen LogP contribution >= 0.6 is 0 Å². The van der Waals surface area contributed by atoms with Crippen LogP contribution in [-0.2, 0) is 11.3 Å². The van der Waals surface area contributed by atoms with Crippen LogP contribution in [0.5, 0.6) is 0 Å². The normalized spacial score (nSPS) is 11.3. The van der Waals surface area contributed by atoms with Gasteiger partial charge in [-0.2, -0.15) is 0 Å². The van der Waals surface area contributed by atoms with Gasteiger partial charge in [0, 0.05) is 12.6 Å². The zero-order valence-electron chi connectivity index (χ0n) is 12.6. The number of carbonyl (C=O) groups excluding carboxylic acids is 1. The van der Waals surface area contributed by atoms with Gasteiger partial charge in [0.2, 0.25) is 0 Å². The molecule has 0 bridgehead atoms. The molecule has 0 amide bonds. The van der Waals surface area contributed by atoms with E-state index < -0.39 is 0 Å². The topological polar surface area (TPSA) is 62.9 Å². The molecule has 0 spiro atoms. The summed E-state index contributed by atoms with van der Waals surface area (Å²) in [7, 11) is 0. The first-order chi connectivity index (χ1) is 9.67. The minimum atomic E-state index is -0.357. The molecule has 1 N–H and O–H groups in total. The average Bonchev–Trinajstić information content (AvgIpc) is 2.89. The van der Waals surface area contributed by atoms with E-state index >= 15 is 0 Å². The Morgan fingerprint density at radius 1 is 1.40 bits per heavy atom. The van der Waals surface area contributed by atoms with E-state index in [-0.39, 0.29) is 12.6 Å². The predicted molar refractivity (Wildman–Crippen MR) is 76.5 cm³/mol. The van der Waals surface area contributed by atoms with Gasteiger partial charge in [-0.05, 0) is 25.8 Å². The maximum atomic E-state index is 11.8. The van der Waals surface area contributed by atoms with Gasteiger partial charge in [-0.1, -0.05) is 13.8 Å². The van der Waals surface area contributed by atoms with Gasteiger partial charge in [0.15, 0.2) is 0 Å². The Bertz CT molecular complexity index is 398. The summed E-state index contributed by atoms with van der Waals surface area (Å²) in [5, 5.41) is 9.20. The Labute approximate surface area is 120 Å². The molecule has 0 aliphatic heterocycles. The van der Waals surface area contributed by atoms with Crippen LogP contribution in [0.2, 0.25) is 0 Å². The number of nitrogens with zero attached hydrogens (tertiary/aromatic N) is 1. The van der Waals surface area contributed by atoms with E-state index in [9.17, 15) is 9.90 Å². The summed E-state index contributed by atoms with van der Waals surface area (Å²) in [5.41, 5.74) is 0.473.